The van der Waals surface area contributed by atoms with E-state index in [4.69, 9.17) is 0 Å². The zero-order chi connectivity index (χ0) is 16.8. The largest absolute Gasteiger partial charge is 0.229 e. The van der Waals surface area contributed by atoms with Crippen LogP contribution in [0.15, 0.2) is 60.7 Å². The molecule has 8 heteroatoms. The minimum Gasteiger partial charge on any atom is -0.229 e. The molecule has 0 fully saturated rings. The van der Waals surface area contributed by atoms with Crippen LogP contribution in [-0.2, 0) is 7.05 Å². The topological polar surface area (TPSA) is 87.2 Å². The molecular formula is C16H16N8. The minimum absolute atomic E-state index is 0.788. The number of aromatic nitrogens is 8. The first-order valence-electron chi connectivity index (χ1n) is 7.34. The van der Waals surface area contributed by atoms with Crippen LogP contribution >= 0.6 is 0 Å². The average Bonchev–Trinajstić information content (AvgIpc) is 3.25. The summed E-state index contributed by atoms with van der Waals surface area (Å²) in [4.78, 5) is 0. The van der Waals surface area contributed by atoms with Crippen molar-refractivity contribution in [2.45, 2.75) is 6.92 Å². The van der Waals surface area contributed by atoms with Crippen molar-refractivity contribution in [2.75, 3.05) is 0 Å². The molecule has 4 rings (SSSR count). The smallest absolute Gasteiger partial charge is 0.181 e. The second kappa shape index (κ2) is 7.23. The first-order valence-corrected chi connectivity index (χ1v) is 7.34. The Balaban J connectivity index is 0.000000141. The Morgan fingerprint density at radius 1 is 0.750 bits per heavy atom. The Bertz CT molecular complexity index is 807. The predicted octanol–water partition coefficient (Wildman–Crippen LogP) is 1.85. The van der Waals surface area contributed by atoms with Gasteiger partial charge in [-0.05, 0) is 39.9 Å². The van der Waals surface area contributed by atoms with E-state index >= 15 is 0 Å². The third kappa shape index (κ3) is 3.49. The van der Waals surface area contributed by atoms with Gasteiger partial charge in [-0.25, -0.2) is 4.68 Å². The molecule has 0 unspecified atom stereocenters. The average molecular weight is 320 g/mol. The highest BCUT2D eigenvalue weighted by Gasteiger charge is 2.03. The lowest BCUT2D eigenvalue weighted by molar-refractivity contribution is 0.714. The highest BCUT2D eigenvalue weighted by Crippen LogP contribution is 2.12. The SMILES string of the molecule is Cc1nnnn1-c1ccccc1.Cn1nnnc1-c1ccccc1. The van der Waals surface area contributed by atoms with Gasteiger partial charge in [-0.1, -0.05) is 48.5 Å². The van der Waals surface area contributed by atoms with Crippen molar-refractivity contribution >= 4 is 0 Å². The maximum atomic E-state index is 3.89. The van der Waals surface area contributed by atoms with Crippen LogP contribution in [0.1, 0.15) is 5.82 Å². The first kappa shape index (κ1) is 15.5. The number of nitrogens with zero attached hydrogens (tertiary/aromatic N) is 8. The molecule has 8 nitrogen and oxygen atoms in total. The molecule has 2 aromatic carbocycles. The van der Waals surface area contributed by atoms with Gasteiger partial charge in [-0.2, -0.15) is 4.68 Å². The molecule has 0 aliphatic carbocycles. The van der Waals surface area contributed by atoms with Crippen LogP contribution in [0.2, 0.25) is 0 Å². The van der Waals surface area contributed by atoms with E-state index in [2.05, 4.69) is 31.1 Å². The molecule has 0 spiro atoms. The van der Waals surface area contributed by atoms with Crippen LogP contribution in [0.25, 0.3) is 17.1 Å². The third-order valence-electron chi connectivity index (χ3n) is 3.28. The molecule has 0 N–H and O–H groups in total. The van der Waals surface area contributed by atoms with Gasteiger partial charge in [0.05, 0.1) is 5.69 Å². The third-order valence-corrected chi connectivity index (χ3v) is 3.28. The van der Waals surface area contributed by atoms with Crippen LogP contribution in [0.4, 0.5) is 0 Å². The van der Waals surface area contributed by atoms with Gasteiger partial charge in [-0.3, -0.25) is 0 Å². The van der Waals surface area contributed by atoms with Crippen molar-refractivity contribution in [1.82, 2.24) is 40.4 Å². The van der Waals surface area contributed by atoms with E-state index in [0.717, 1.165) is 22.9 Å². The van der Waals surface area contributed by atoms with Crippen molar-refractivity contribution in [3.8, 4) is 17.1 Å². The quantitative estimate of drug-likeness (QED) is 0.560. The van der Waals surface area contributed by atoms with Crippen LogP contribution in [0.3, 0.4) is 0 Å². The molecule has 2 aromatic heterocycles. The maximum Gasteiger partial charge on any atom is 0.181 e. The summed E-state index contributed by atoms with van der Waals surface area (Å²) in [6, 6.07) is 19.6. The zero-order valence-corrected chi connectivity index (χ0v) is 13.4. The van der Waals surface area contributed by atoms with E-state index < -0.39 is 0 Å². The summed E-state index contributed by atoms with van der Waals surface area (Å²) >= 11 is 0. The first-order chi connectivity index (χ1) is 11.8. The Labute approximate surface area is 138 Å². The molecule has 0 saturated carbocycles. The van der Waals surface area contributed by atoms with Crippen molar-refractivity contribution in [3.05, 3.63) is 66.5 Å². The van der Waals surface area contributed by atoms with Crippen molar-refractivity contribution < 1.29 is 0 Å². The fourth-order valence-corrected chi connectivity index (χ4v) is 2.10. The van der Waals surface area contributed by atoms with Crippen molar-refractivity contribution in [1.29, 1.82) is 0 Å². The number of tetrazole rings is 2. The summed E-state index contributed by atoms with van der Waals surface area (Å²) in [5.41, 5.74) is 2.02. The number of rotatable bonds is 2. The Hall–Kier alpha value is -3.42. The predicted molar refractivity (Wildman–Crippen MR) is 88.1 cm³/mol. The molecule has 2 heterocycles. The lowest BCUT2D eigenvalue weighted by atomic mass is 10.2. The molecule has 0 bridgehead atoms. The summed E-state index contributed by atoms with van der Waals surface area (Å²) in [5.74, 6) is 1.58. The monoisotopic (exact) mass is 320 g/mol. The molecule has 0 radical (unpaired) electrons. The van der Waals surface area contributed by atoms with Gasteiger partial charge in [0.1, 0.15) is 0 Å². The molecule has 4 aromatic rings. The van der Waals surface area contributed by atoms with E-state index in [0.29, 0.717) is 0 Å². The van der Waals surface area contributed by atoms with Crippen LogP contribution in [-0.4, -0.2) is 40.4 Å². The highest BCUT2D eigenvalue weighted by molar-refractivity contribution is 5.53. The summed E-state index contributed by atoms with van der Waals surface area (Å²) in [6.45, 7) is 1.87. The van der Waals surface area contributed by atoms with Crippen LogP contribution < -0.4 is 0 Å². The summed E-state index contributed by atoms with van der Waals surface area (Å²) in [7, 11) is 1.82. The fourth-order valence-electron chi connectivity index (χ4n) is 2.10. The van der Waals surface area contributed by atoms with Gasteiger partial charge in [0, 0.05) is 12.6 Å². The van der Waals surface area contributed by atoms with Gasteiger partial charge in [0.2, 0.25) is 0 Å². The number of para-hydroxylation sites is 1. The lowest BCUT2D eigenvalue weighted by Gasteiger charge is -1.98. The molecule has 0 amide bonds. The maximum absolute atomic E-state index is 3.89. The Morgan fingerprint density at radius 2 is 1.38 bits per heavy atom. The van der Waals surface area contributed by atoms with E-state index in [-0.39, 0.29) is 0 Å². The second-order valence-corrected chi connectivity index (χ2v) is 4.97. The number of hydrogen-bond donors (Lipinski definition) is 0. The Morgan fingerprint density at radius 3 is 1.92 bits per heavy atom. The molecule has 0 atom stereocenters. The molecule has 0 aliphatic rings. The van der Waals surface area contributed by atoms with Gasteiger partial charge in [-0.15, -0.1) is 10.2 Å². The van der Waals surface area contributed by atoms with E-state index in [9.17, 15) is 0 Å². The second-order valence-electron chi connectivity index (χ2n) is 4.97. The van der Waals surface area contributed by atoms with Gasteiger partial charge < -0.3 is 0 Å². The van der Waals surface area contributed by atoms with Crippen molar-refractivity contribution in [2.24, 2.45) is 7.05 Å². The normalized spacial score (nSPS) is 10.1. The minimum atomic E-state index is 0.788. The molecule has 24 heavy (non-hydrogen) atoms. The van der Waals surface area contributed by atoms with E-state index in [1.807, 2.05) is 74.6 Å². The molecule has 0 aliphatic heterocycles. The van der Waals surface area contributed by atoms with Crippen LogP contribution in [0, 0.1) is 6.92 Å². The van der Waals surface area contributed by atoms with E-state index in [1.165, 1.54) is 0 Å². The molecule has 120 valence electrons. The number of hydrogen-bond acceptors (Lipinski definition) is 6. The molecular weight excluding hydrogens is 304 g/mol. The van der Waals surface area contributed by atoms with Crippen LogP contribution in [0.5, 0.6) is 0 Å². The summed E-state index contributed by atoms with van der Waals surface area (Å²) in [5, 5.41) is 22.4. The molecule has 0 saturated heterocycles. The van der Waals surface area contributed by atoms with E-state index in [1.54, 1.807) is 9.36 Å². The lowest BCUT2D eigenvalue weighted by Crippen LogP contribution is -1.98. The Kier molecular flexibility index (Phi) is 4.66. The summed E-state index contributed by atoms with van der Waals surface area (Å²) < 4.78 is 3.34. The van der Waals surface area contributed by atoms with Crippen molar-refractivity contribution in [3.63, 3.8) is 0 Å². The van der Waals surface area contributed by atoms with Gasteiger partial charge in [0.15, 0.2) is 11.6 Å². The fraction of sp³-hybridized carbons (Fsp3) is 0.125. The standard InChI is InChI=1S/2C8H8N4/c1-12-8(9-10-11-12)7-5-3-2-4-6-7;1-7-9-10-11-12(7)8-5-3-2-4-6-8/h2*2-6H,1H3. The van der Waals surface area contributed by atoms with Gasteiger partial charge >= 0.3 is 0 Å². The van der Waals surface area contributed by atoms with Gasteiger partial charge in [0.25, 0.3) is 0 Å². The number of aryl methyl sites for hydroxylation is 2. The summed E-state index contributed by atoms with van der Waals surface area (Å²) in [6.07, 6.45) is 0. The zero-order valence-electron chi connectivity index (χ0n) is 13.4. The number of benzene rings is 2. The highest BCUT2D eigenvalue weighted by atomic mass is 15.5.